The highest BCUT2D eigenvalue weighted by molar-refractivity contribution is 7.89. The van der Waals surface area contributed by atoms with Crippen LogP contribution in [-0.2, 0) is 16.6 Å². The number of nitriles is 1. The number of aromatic nitrogens is 1. The summed E-state index contributed by atoms with van der Waals surface area (Å²) in [6.45, 7) is 1.64. The Labute approximate surface area is 119 Å². The fourth-order valence-corrected chi connectivity index (χ4v) is 3.48. The summed E-state index contributed by atoms with van der Waals surface area (Å²) in [5.74, 6) is 0. The first-order valence-electron chi connectivity index (χ1n) is 5.59. The van der Waals surface area contributed by atoms with E-state index in [1.54, 1.807) is 12.3 Å². The Morgan fingerprint density at radius 3 is 2.75 bits per heavy atom. The highest BCUT2D eigenvalue weighted by atomic mass is 32.2. The van der Waals surface area contributed by atoms with E-state index in [4.69, 9.17) is 5.26 Å². The molecule has 104 valence electrons. The van der Waals surface area contributed by atoms with E-state index in [2.05, 4.69) is 9.71 Å². The van der Waals surface area contributed by atoms with Gasteiger partial charge in [0, 0.05) is 11.1 Å². The predicted octanol–water partition coefficient (Wildman–Crippen LogP) is 1.09. The fourth-order valence-electron chi connectivity index (χ4n) is 1.67. The van der Waals surface area contributed by atoms with E-state index < -0.39 is 10.0 Å². The molecule has 1 aromatic carbocycles. The lowest BCUT2D eigenvalue weighted by Gasteiger charge is -2.08. The lowest BCUT2D eigenvalue weighted by atomic mass is 10.2. The number of hydrogen-bond acceptors (Lipinski definition) is 5. The summed E-state index contributed by atoms with van der Waals surface area (Å²) in [7, 11) is -3.68. The van der Waals surface area contributed by atoms with Crippen molar-refractivity contribution in [2.75, 3.05) is 0 Å². The Hall–Kier alpha value is -1.95. The lowest BCUT2D eigenvalue weighted by molar-refractivity contribution is 0.580. The number of rotatable bonds is 4. The third-order valence-corrected chi connectivity index (χ3v) is 4.90. The van der Waals surface area contributed by atoms with E-state index in [9.17, 15) is 13.2 Å². The van der Waals surface area contributed by atoms with Crippen molar-refractivity contribution >= 4 is 21.4 Å². The monoisotopic (exact) mass is 309 g/mol. The number of sulfonamides is 1. The largest absolute Gasteiger partial charge is 0.315 e. The van der Waals surface area contributed by atoms with Gasteiger partial charge in [0.25, 0.3) is 0 Å². The minimum Gasteiger partial charge on any atom is -0.315 e. The maximum absolute atomic E-state index is 12.2. The van der Waals surface area contributed by atoms with Gasteiger partial charge in [0.1, 0.15) is 0 Å². The van der Waals surface area contributed by atoms with Crippen LogP contribution in [0.2, 0.25) is 0 Å². The van der Waals surface area contributed by atoms with Gasteiger partial charge in [-0.25, -0.2) is 13.1 Å². The fraction of sp³-hybridized carbons (Fsp3) is 0.167. The van der Waals surface area contributed by atoms with Crippen LogP contribution in [0.1, 0.15) is 16.8 Å². The van der Waals surface area contributed by atoms with Gasteiger partial charge in [0.05, 0.1) is 23.1 Å². The van der Waals surface area contributed by atoms with Crippen molar-refractivity contribution < 1.29 is 8.42 Å². The van der Waals surface area contributed by atoms with Crippen LogP contribution >= 0.6 is 11.3 Å². The first-order valence-corrected chi connectivity index (χ1v) is 7.96. The maximum Gasteiger partial charge on any atom is 0.304 e. The molecular formula is C12H11N3O3S2. The Morgan fingerprint density at radius 2 is 2.20 bits per heavy atom. The molecule has 0 atom stereocenters. The van der Waals surface area contributed by atoms with E-state index in [-0.39, 0.29) is 16.3 Å². The second kappa shape index (κ2) is 5.58. The molecule has 2 N–H and O–H groups in total. The Balaban J connectivity index is 2.22. The second-order valence-corrected chi connectivity index (χ2v) is 6.67. The molecule has 2 rings (SSSR count). The second-order valence-electron chi connectivity index (χ2n) is 4.09. The molecule has 0 saturated carbocycles. The molecule has 0 aliphatic carbocycles. The first-order chi connectivity index (χ1) is 9.42. The van der Waals surface area contributed by atoms with Gasteiger partial charge < -0.3 is 4.98 Å². The number of hydrogen-bond donors (Lipinski definition) is 2. The molecule has 0 unspecified atom stereocenters. The number of aromatic amines is 1. The third-order valence-electron chi connectivity index (χ3n) is 2.62. The topological polar surface area (TPSA) is 103 Å². The predicted molar refractivity (Wildman–Crippen MR) is 74.9 cm³/mol. The van der Waals surface area contributed by atoms with Crippen LogP contribution in [0.4, 0.5) is 0 Å². The molecule has 0 aliphatic heterocycles. The van der Waals surface area contributed by atoms with E-state index in [0.29, 0.717) is 16.8 Å². The molecule has 20 heavy (non-hydrogen) atoms. The first kappa shape index (κ1) is 14.5. The van der Waals surface area contributed by atoms with Crippen LogP contribution in [0.3, 0.4) is 0 Å². The van der Waals surface area contributed by atoms with Gasteiger partial charge >= 0.3 is 4.87 Å². The molecule has 2 aromatic rings. The minimum atomic E-state index is -3.68. The average Bonchev–Trinajstić information content (AvgIpc) is 2.82. The van der Waals surface area contributed by atoms with Gasteiger partial charge in [-0.2, -0.15) is 5.26 Å². The van der Waals surface area contributed by atoms with Crippen molar-refractivity contribution in [3.05, 3.63) is 50.1 Å². The van der Waals surface area contributed by atoms with Crippen LogP contribution in [-0.4, -0.2) is 13.4 Å². The molecule has 0 spiro atoms. The van der Waals surface area contributed by atoms with Crippen molar-refractivity contribution in [1.82, 2.24) is 9.71 Å². The van der Waals surface area contributed by atoms with Crippen molar-refractivity contribution in [2.45, 2.75) is 18.4 Å². The molecule has 6 nitrogen and oxygen atoms in total. The molecule has 0 saturated heterocycles. The van der Waals surface area contributed by atoms with Crippen molar-refractivity contribution in [2.24, 2.45) is 0 Å². The molecule has 0 amide bonds. The number of nitrogens with zero attached hydrogens (tertiary/aromatic N) is 1. The average molecular weight is 309 g/mol. The van der Waals surface area contributed by atoms with Crippen molar-refractivity contribution in [3.8, 4) is 6.07 Å². The number of benzene rings is 1. The molecule has 1 aromatic heterocycles. The maximum atomic E-state index is 12.2. The minimum absolute atomic E-state index is 0.0144. The molecular weight excluding hydrogens is 298 g/mol. The van der Waals surface area contributed by atoms with Crippen LogP contribution in [0.5, 0.6) is 0 Å². The molecule has 0 aliphatic rings. The molecule has 0 bridgehead atoms. The molecule has 8 heteroatoms. The summed E-state index contributed by atoms with van der Waals surface area (Å²) < 4.78 is 26.7. The molecule has 0 fully saturated rings. The highest BCUT2D eigenvalue weighted by Crippen LogP contribution is 2.16. The van der Waals surface area contributed by atoms with Crippen molar-refractivity contribution in [3.63, 3.8) is 0 Å². The zero-order chi connectivity index (χ0) is 14.8. The summed E-state index contributed by atoms with van der Waals surface area (Å²) >= 11 is 0.977. The Kier molecular flexibility index (Phi) is 4.04. The summed E-state index contributed by atoms with van der Waals surface area (Å²) in [4.78, 5) is 13.4. The quantitative estimate of drug-likeness (QED) is 0.882. The highest BCUT2D eigenvalue weighted by Gasteiger charge is 2.17. The van der Waals surface area contributed by atoms with Crippen LogP contribution in [0.25, 0.3) is 0 Å². The molecule has 0 radical (unpaired) electrons. The van der Waals surface area contributed by atoms with Crippen LogP contribution in [0.15, 0.2) is 33.3 Å². The van der Waals surface area contributed by atoms with E-state index in [0.717, 1.165) is 11.3 Å². The summed E-state index contributed by atoms with van der Waals surface area (Å²) in [5.41, 5.74) is 1.41. The zero-order valence-corrected chi connectivity index (χ0v) is 12.1. The van der Waals surface area contributed by atoms with Gasteiger partial charge in [0.15, 0.2) is 0 Å². The number of thiazole rings is 1. The number of aryl methyl sites for hydroxylation is 1. The Morgan fingerprint density at radius 1 is 1.45 bits per heavy atom. The van der Waals surface area contributed by atoms with Crippen LogP contribution < -0.4 is 9.60 Å². The normalized spacial score (nSPS) is 11.2. The smallest absolute Gasteiger partial charge is 0.304 e. The Bertz CT molecular complexity index is 828. The third kappa shape index (κ3) is 3.14. The van der Waals surface area contributed by atoms with Gasteiger partial charge in [-0.05, 0) is 30.7 Å². The number of H-pyrrole nitrogens is 1. The van der Waals surface area contributed by atoms with Crippen LogP contribution in [0, 0.1) is 18.3 Å². The van der Waals surface area contributed by atoms with Crippen molar-refractivity contribution in [1.29, 1.82) is 5.26 Å². The van der Waals surface area contributed by atoms with E-state index in [1.807, 2.05) is 6.07 Å². The van der Waals surface area contributed by atoms with Gasteiger partial charge in [0.2, 0.25) is 10.0 Å². The summed E-state index contributed by atoms with van der Waals surface area (Å²) in [6, 6.07) is 6.32. The van der Waals surface area contributed by atoms with E-state index >= 15 is 0 Å². The van der Waals surface area contributed by atoms with Gasteiger partial charge in [-0.15, -0.1) is 0 Å². The van der Waals surface area contributed by atoms with Gasteiger partial charge in [-0.1, -0.05) is 11.3 Å². The number of nitrogens with one attached hydrogen (secondary N) is 2. The summed E-state index contributed by atoms with van der Waals surface area (Å²) in [6.07, 6.45) is 0. The lowest BCUT2D eigenvalue weighted by Crippen LogP contribution is -2.24. The SMILES string of the molecule is Cc1cc(C#N)ccc1S(=O)(=O)NCc1csc(=O)[nH]1. The summed E-state index contributed by atoms with van der Waals surface area (Å²) in [5, 5.41) is 10.3. The van der Waals surface area contributed by atoms with E-state index in [1.165, 1.54) is 18.2 Å². The van der Waals surface area contributed by atoms with Gasteiger partial charge in [-0.3, -0.25) is 4.79 Å². The standard InChI is InChI=1S/C12H11N3O3S2/c1-8-4-9(5-13)2-3-11(8)20(17,18)14-6-10-7-19-12(16)15-10/h2-4,7,14H,6H2,1H3,(H,15,16). The molecule has 1 heterocycles. The zero-order valence-electron chi connectivity index (χ0n) is 10.5.